The summed E-state index contributed by atoms with van der Waals surface area (Å²) in [6.45, 7) is 6.24. The van der Waals surface area contributed by atoms with Gasteiger partial charge in [-0.15, -0.1) is 0 Å². The lowest BCUT2D eigenvalue weighted by molar-refractivity contribution is 1.04. The second-order valence-electron chi connectivity index (χ2n) is 2.01. The number of nitrogens with one attached hydrogen (secondary N) is 1. The van der Waals surface area contributed by atoms with Gasteiger partial charge in [0.15, 0.2) is 0 Å². The standard InChI is InChI=1S/C8H15N/c1-4-6-9-7-8(3)5-2/h4,6-7,9H,5H2,1-3H3/b6-4-,8-7+. The first-order chi connectivity index (χ1) is 4.31. The van der Waals surface area contributed by atoms with Crippen LogP contribution in [0.5, 0.6) is 0 Å². The molecule has 9 heavy (non-hydrogen) atoms. The van der Waals surface area contributed by atoms with E-state index in [1.165, 1.54) is 5.57 Å². The summed E-state index contributed by atoms with van der Waals surface area (Å²) in [5.41, 5.74) is 1.37. The number of hydrogen-bond donors (Lipinski definition) is 1. The summed E-state index contributed by atoms with van der Waals surface area (Å²) in [5.74, 6) is 0. The van der Waals surface area contributed by atoms with Crippen LogP contribution >= 0.6 is 0 Å². The van der Waals surface area contributed by atoms with E-state index in [1.54, 1.807) is 0 Å². The lowest BCUT2D eigenvalue weighted by atomic mass is 10.3. The van der Waals surface area contributed by atoms with Gasteiger partial charge in [0.1, 0.15) is 0 Å². The van der Waals surface area contributed by atoms with Crippen LogP contribution in [0.25, 0.3) is 0 Å². The van der Waals surface area contributed by atoms with Gasteiger partial charge in [-0.3, -0.25) is 0 Å². The van der Waals surface area contributed by atoms with Gasteiger partial charge in [0, 0.05) is 0 Å². The van der Waals surface area contributed by atoms with Crippen LogP contribution in [0.1, 0.15) is 27.2 Å². The van der Waals surface area contributed by atoms with Crippen LogP contribution in [0, 0.1) is 0 Å². The molecule has 0 aliphatic rings. The van der Waals surface area contributed by atoms with Gasteiger partial charge >= 0.3 is 0 Å². The minimum absolute atomic E-state index is 1.12. The van der Waals surface area contributed by atoms with Crippen LogP contribution in [0.2, 0.25) is 0 Å². The molecule has 0 unspecified atom stereocenters. The van der Waals surface area contributed by atoms with Gasteiger partial charge in [0.05, 0.1) is 0 Å². The molecule has 0 aromatic rings. The Balaban J connectivity index is 3.43. The molecule has 0 fully saturated rings. The third kappa shape index (κ3) is 5.15. The Morgan fingerprint density at radius 2 is 2.22 bits per heavy atom. The highest BCUT2D eigenvalue weighted by atomic mass is 14.8. The highest BCUT2D eigenvalue weighted by Gasteiger charge is 1.77. The van der Waals surface area contributed by atoms with Crippen molar-refractivity contribution in [2.45, 2.75) is 27.2 Å². The molecule has 0 aliphatic heterocycles. The van der Waals surface area contributed by atoms with Gasteiger partial charge in [-0.2, -0.15) is 0 Å². The summed E-state index contributed by atoms with van der Waals surface area (Å²) in [5, 5.41) is 3.04. The zero-order valence-electron chi connectivity index (χ0n) is 6.44. The third-order valence-corrected chi connectivity index (χ3v) is 1.15. The highest BCUT2D eigenvalue weighted by molar-refractivity contribution is 4.97. The predicted molar refractivity (Wildman–Crippen MR) is 42.0 cm³/mol. The highest BCUT2D eigenvalue weighted by Crippen LogP contribution is 1.93. The molecule has 0 aliphatic carbocycles. The summed E-state index contributed by atoms with van der Waals surface area (Å²) in [4.78, 5) is 0. The minimum atomic E-state index is 1.12. The molecule has 0 bridgehead atoms. The molecular weight excluding hydrogens is 110 g/mol. The summed E-state index contributed by atoms with van der Waals surface area (Å²) < 4.78 is 0. The van der Waals surface area contributed by atoms with E-state index in [0.29, 0.717) is 0 Å². The monoisotopic (exact) mass is 125 g/mol. The zero-order chi connectivity index (χ0) is 7.11. The first-order valence-corrected chi connectivity index (χ1v) is 3.34. The molecule has 1 nitrogen and oxygen atoms in total. The number of hydrogen-bond acceptors (Lipinski definition) is 1. The zero-order valence-corrected chi connectivity index (χ0v) is 6.44. The fraction of sp³-hybridized carbons (Fsp3) is 0.500. The maximum atomic E-state index is 3.04. The Kier molecular flexibility index (Phi) is 4.98. The Labute approximate surface area is 57.5 Å². The molecule has 0 spiro atoms. The number of allylic oxidation sites excluding steroid dienone is 2. The first kappa shape index (κ1) is 8.28. The smallest absolute Gasteiger partial charge is 0.000663 e. The van der Waals surface area contributed by atoms with Crippen LogP contribution in [-0.2, 0) is 0 Å². The molecule has 1 N–H and O–H groups in total. The van der Waals surface area contributed by atoms with Crippen LogP contribution in [0.4, 0.5) is 0 Å². The van der Waals surface area contributed by atoms with Gasteiger partial charge in [0.25, 0.3) is 0 Å². The molecule has 0 amide bonds. The Morgan fingerprint density at radius 3 is 2.67 bits per heavy atom. The summed E-state index contributed by atoms with van der Waals surface area (Å²) in [6, 6.07) is 0. The molecule has 0 saturated carbocycles. The van der Waals surface area contributed by atoms with E-state index < -0.39 is 0 Å². The molecule has 0 aromatic carbocycles. The maximum absolute atomic E-state index is 3.04. The van der Waals surface area contributed by atoms with Crippen molar-refractivity contribution in [3.8, 4) is 0 Å². The second-order valence-corrected chi connectivity index (χ2v) is 2.01. The second kappa shape index (κ2) is 5.42. The Hall–Kier alpha value is -0.720. The van der Waals surface area contributed by atoms with Gasteiger partial charge in [0.2, 0.25) is 0 Å². The first-order valence-electron chi connectivity index (χ1n) is 3.34. The molecule has 0 rings (SSSR count). The van der Waals surface area contributed by atoms with E-state index >= 15 is 0 Å². The van der Waals surface area contributed by atoms with E-state index in [9.17, 15) is 0 Å². The van der Waals surface area contributed by atoms with Crippen LogP contribution in [0.15, 0.2) is 24.0 Å². The molecule has 0 saturated heterocycles. The summed E-state index contributed by atoms with van der Waals surface area (Å²) in [7, 11) is 0. The Morgan fingerprint density at radius 1 is 1.56 bits per heavy atom. The normalized spacial score (nSPS) is 12.6. The Bertz CT molecular complexity index is 112. The van der Waals surface area contributed by atoms with Crippen molar-refractivity contribution in [1.29, 1.82) is 0 Å². The van der Waals surface area contributed by atoms with Gasteiger partial charge < -0.3 is 5.32 Å². The molecule has 1 heteroatoms. The van der Waals surface area contributed by atoms with Gasteiger partial charge in [-0.05, 0) is 32.7 Å². The van der Waals surface area contributed by atoms with Crippen molar-refractivity contribution >= 4 is 0 Å². The van der Waals surface area contributed by atoms with Crippen molar-refractivity contribution < 1.29 is 0 Å². The van der Waals surface area contributed by atoms with E-state index in [4.69, 9.17) is 0 Å². The van der Waals surface area contributed by atoms with Crippen molar-refractivity contribution in [1.82, 2.24) is 5.32 Å². The van der Waals surface area contributed by atoms with E-state index in [0.717, 1.165) is 6.42 Å². The van der Waals surface area contributed by atoms with Crippen molar-refractivity contribution in [3.05, 3.63) is 24.0 Å². The minimum Gasteiger partial charge on any atom is -0.368 e. The van der Waals surface area contributed by atoms with Crippen LogP contribution in [-0.4, -0.2) is 0 Å². The quantitative estimate of drug-likeness (QED) is 0.610. The predicted octanol–water partition coefficient (Wildman–Crippen LogP) is 2.42. The maximum Gasteiger partial charge on any atom is -0.000663 e. The fourth-order valence-corrected chi connectivity index (χ4v) is 0.389. The van der Waals surface area contributed by atoms with E-state index in [2.05, 4.69) is 19.2 Å². The van der Waals surface area contributed by atoms with Crippen molar-refractivity contribution in [2.75, 3.05) is 0 Å². The lowest BCUT2D eigenvalue weighted by Crippen LogP contribution is -1.92. The average Bonchev–Trinajstić information content (AvgIpc) is 1.89. The summed E-state index contributed by atoms with van der Waals surface area (Å²) in [6.07, 6.45) is 7.02. The third-order valence-electron chi connectivity index (χ3n) is 1.15. The molecule has 0 heterocycles. The SMILES string of the molecule is C/C=C\N/C=C(\C)CC. The topological polar surface area (TPSA) is 12.0 Å². The van der Waals surface area contributed by atoms with Gasteiger partial charge in [-0.25, -0.2) is 0 Å². The molecule has 0 aromatic heterocycles. The lowest BCUT2D eigenvalue weighted by Gasteiger charge is -1.93. The van der Waals surface area contributed by atoms with Gasteiger partial charge in [-0.1, -0.05) is 18.6 Å². The number of rotatable bonds is 3. The van der Waals surface area contributed by atoms with Crippen LogP contribution in [0.3, 0.4) is 0 Å². The molecular formula is C8H15N. The molecule has 52 valence electrons. The van der Waals surface area contributed by atoms with Crippen molar-refractivity contribution in [2.24, 2.45) is 0 Å². The van der Waals surface area contributed by atoms with E-state index in [-0.39, 0.29) is 0 Å². The average molecular weight is 125 g/mol. The van der Waals surface area contributed by atoms with Crippen LogP contribution < -0.4 is 5.32 Å². The summed E-state index contributed by atoms with van der Waals surface area (Å²) >= 11 is 0. The van der Waals surface area contributed by atoms with E-state index in [1.807, 2.05) is 25.4 Å². The fourth-order valence-electron chi connectivity index (χ4n) is 0.389. The largest absolute Gasteiger partial charge is 0.368 e. The molecule has 0 atom stereocenters. The molecule has 0 radical (unpaired) electrons. The van der Waals surface area contributed by atoms with Crippen molar-refractivity contribution in [3.63, 3.8) is 0 Å².